The van der Waals surface area contributed by atoms with Crippen LogP contribution in [0.2, 0.25) is 0 Å². The van der Waals surface area contributed by atoms with Gasteiger partial charge in [0.1, 0.15) is 5.75 Å². The molecule has 0 spiro atoms. The molecular weight excluding hydrogens is 358 g/mol. The lowest BCUT2D eigenvalue weighted by atomic mass is 10.1. The summed E-state index contributed by atoms with van der Waals surface area (Å²) >= 11 is 0. The first kappa shape index (κ1) is 18.9. The van der Waals surface area contributed by atoms with Gasteiger partial charge >= 0.3 is 5.97 Å². The quantitative estimate of drug-likeness (QED) is 0.634. The third-order valence-electron chi connectivity index (χ3n) is 3.96. The van der Waals surface area contributed by atoms with E-state index in [1.807, 2.05) is 0 Å². The number of para-hydroxylation sites is 1. The minimum Gasteiger partial charge on any atom is -0.497 e. The van der Waals surface area contributed by atoms with Gasteiger partial charge in [0.05, 0.1) is 42.9 Å². The van der Waals surface area contributed by atoms with Crippen molar-refractivity contribution < 1.29 is 19.1 Å². The smallest absolute Gasteiger partial charge is 0.339 e. The van der Waals surface area contributed by atoms with Gasteiger partial charge in [0, 0.05) is 11.9 Å². The molecule has 0 aliphatic carbocycles. The summed E-state index contributed by atoms with van der Waals surface area (Å²) in [4.78, 5) is 28.5. The normalized spacial score (nSPS) is 10.1. The van der Waals surface area contributed by atoms with Crippen molar-refractivity contribution >= 4 is 28.9 Å². The van der Waals surface area contributed by atoms with Crippen LogP contribution >= 0.6 is 0 Å². The Morgan fingerprint density at radius 3 is 2.39 bits per heavy atom. The molecule has 0 radical (unpaired) electrons. The Morgan fingerprint density at radius 2 is 1.68 bits per heavy atom. The van der Waals surface area contributed by atoms with Crippen LogP contribution in [0, 0.1) is 0 Å². The number of carbonyl (C=O) groups excluding carboxylic acids is 2. The molecule has 7 nitrogen and oxygen atoms in total. The van der Waals surface area contributed by atoms with Gasteiger partial charge in [-0.2, -0.15) is 0 Å². The first-order valence-electron chi connectivity index (χ1n) is 8.45. The number of aromatic nitrogens is 1. The van der Waals surface area contributed by atoms with Gasteiger partial charge < -0.3 is 20.1 Å². The fourth-order valence-corrected chi connectivity index (χ4v) is 2.55. The van der Waals surface area contributed by atoms with Crippen molar-refractivity contribution in [1.82, 2.24) is 4.98 Å². The van der Waals surface area contributed by atoms with E-state index >= 15 is 0 Å². The van der Waals surface area contributed by atoms with E-state index < -0.39 is 5.97 Å². The van der Waals surface area contributed by atoms with Crippen molar-refractivity contribution in [2.24, 2.45) is 0 Å². The van der Waals surface area contributed by atoms with Crippen molar-refractivity contribution in [3.63, 3.8) is 0 Å². The zero-order valence-corrected chi connectivity index (χ0v) is 15.4. The van der Waals surface area contributed by atoms with Crippen LogP contribution in [-0.2, 0) is 4.74 Å². The largest absolute Gasteiger partial charge is 0.497 e. The Kier molecular flexibility index (Phi) is 5.86. The van der Waals surface area contributed by atoms with Crippen LogP contribution in [0.3, 0.4) is 0 Å². The first-order chi connectivity index (χ1) is 13.6. The summed E-state index contributed by atoms with van der Waals surface area (Å²) in [6, 6.07) is 15.6. The van der Waals surface area contributed by atoms with Crippen molar-refractivity contribution in [2.45, 2.75) is 0 Å². The molecule has 28 heavy (non-hydrogen) atoms. The summed E-state index contributed by atoms with van der Waals surface area (Å²) in [5.41, 5.74) is 2.53. The third kappa shape index (κ3) is 4.45. The summed E-state index contributed by atoms with van der Waals surface area (Å²) < 4.78 is 9.89. The molecule has 0 saturated carbocycles. The lowest BCUT2D eigenvalue weighted by Crippen LogP contribution is -2.12. The number of hydrogen-bond donors (Lipinski definition) is 2. The van der Waals surface area contributed by atoms with Crippen LogP contribution in [0.25, 0.3) is 0 Å². The fraction of sp³-hybridized carbons (Fsp3) is 0.0952. The van der Waals surface area contributed by atoms with Crippen LogP contribution < -0.4 is 15.4 Å². The monoisotopic (exact) mass is 377 g/mol. The van der Waals surface area contributed by atoms with Crippen LogP contribution in [0.15, 0.2) is 67.0 Å². The molecule has 0 aliphatic heterocycles. The number of benzene rings is 2. The maximum Gasteiger partial charge on any atom is 0.339 e. The minimum atomic E-state index is -0.454. The van der Waals surface area contributed by atoms with E-state index in [9.17, 15) is 9.59 Å². The van der Waals surface area contributed by atoms with Gasteiger partial charge in [0.2, 0.25) is 0 Å². The molecule has 1 amide bonds. The molecular formula is C21H19N3O4. The Hall–Kier alpha value is -3.87. The summed E-state index contributed by atoms with van der Waals surface area (Å²) in [5.74, 6) is -0.0535. The average molecular weight is 377 g/mol. The molecule has 1 aromatic heterocycles. The van der Waals surface area contributed by atoms with Gasteiger partial charge in [0.25, 0.3) is 5.91 Å². The van der Waals surface area contributed by atoms with Gasteiger partial charge in [0.15, 0.2) is 0 Å². The SMILES string of the molecule is COC(=O)c1ccccc1Nc1cncc(C(=O)Nc2ccc(OC)cc2)c1. The van der Waals surface area contributed by atoms with Crippen LogP contribution in [0.1, 0.15) is 20.7 Å². The van der Waals surface area contributed by atoms with E-state index in [1.54, 1.807) is 67.9 Å². The Morgan fingerprint density at radius 1 is 0.929 bits per heavy atom. The molecule has 2 aromatic carbocycles. The highest BCUT2D eigenvalue weighted by Gasteiger charge is 2.12. The van der Waals surface area contributed by atoms with Gasteiger partial charge in [-0.3, -0.25) is 9.78 Å². The van der Waals surface area contributed by atoms with Crippen LogP contribution in [0.5, 0.6) is 5.75 Å². The highest BCUT2D eigenvalue weighted by atomic mass is 16.5. The van der Waals surface area contributed by atoms with Crippen LogP contribution in [0.4, 0.5) is 17.1 Å². The number of nitrogens with one attached hydrogen (secondary N) is 2. The molecule has 3 rings (SSSR count). The van der Waals surface area contributed by atoms with E-state index in [0.29, 0.717) is 33.9 Å². The second-order valence-corrected chi connectivity index (χ2v) is 5.81. The number of methoxy groups -OCH3 is 2. The predicted molar refractivity (Wildman–Crippen MR) is 106 cm³/mol. The molecule has 0 saturated heterocycles. The number of carbonyl (C=O) groups is 2. The van der Waals surface area contributed by atoms with Gasteiger partial charge in [-0.15, -0.1) is 0 Å². The first-order valence-corrected chi connectivity index (χ1v) is 8.45. The number of esters is 1. The molecule has 0 aliphatic rings. The molecule has 0 fully saturated rings. The lowest BCUT2D eigenvalue weighted by molar-refractivity contribution is 0.0601. The maximum absolute atomic E-state index is 12.5. The van der Waals surface area contributed by atoms with E-state index in [0.717, 1.165) is 0 Å². The number of ether oxygens (including phenoxy) is 2. The molecule has 0 unspecified atom stereocenters. The van der Waals surface area contributed by atoms with Crippen molar-refractivity contribution in [3.8, 4) is 5.75 Å². The Bertz CT molecular complexity index is 987. The number of pyridine rings is 1. The topological polar surface area (TPSA) is 89.5 Å². The molecule has 7 heteroatoms. The third-order valence-corrected chi connectivity index (χ3v) is 3.96. The second kappa shape index (κ2) is 8.68. The summed E-state index contributed by atoms with van der Waals surface area (Å²) in [7, 11) is 2.90. The van der Waals surface area contributed by atoms with E-state index in [1.165, 1.54) is 13.3 Å². The highest BCUT2D eigenvalue weighted by Crippen LogP contribution is 2.22. The van der Waals surface area contributed by atoms with E-state index in [-0.39, 0.29) is 5.91 Å². The highest BCUT2D eigenvalue weighted by molar-refractivity contribution is 6.04. The van der Waals surface area contributed by atoms with Gasteiger partial charge in [-0.05, 0) is 42.5 Å². The van der Waals surface area contributed by atoms with Crippen molar-refractivity contribution in [1.29, 1.82) is 0 Å². The zero-order chi connectivity index (χ0) is 19.9. The number of rotatable bonds is 6. The number of anilines is 3. The Labute approximate surface area is 162 Å². The molecule has 142 valence electrons. The molecule has 0 bridgehead atoms. The van der Waals surface area contributed by atoms with Gasteiger partial charge in [-0.25, -0.2) is 4.79 Å². The molecule has 2 N–H and O–H groups in total. The Balaban J connectivity index is 1.77. The summed E-state index contributed by atoms with van der Waals surface area (Å²) in [6.07, 6.45) is 3.04. The van der Waals surface area contributed by atoms with Gasteiger partial charge in [-0.1, -0.05) is 12.1 Å². The standard InChI is InChI=1S/C21H19N3O4/c1-27-17-9-7-15(8-10-17)24-20(25)14-11-16(13-22-12-14)23-19-6-4-3-5-18(19)21(26)28-2/h3-13,23H,1-2H3,(H,24,25). The number of nitrogens with zero attached hydrogens (tertiary/aromatic N) is 1. The lowest BCUT2D eigenvalue weighted by Gasteiger charge is -2.11. The average Bonchev–Trinajstić information content (AvgIpc) is 2.74. The minimum absolute atomic E-state index is 0.303. The molecule has 3 aromatic rings. The van der Waals surface area contributed by atoms with E-state index in [2.05, 4.69) is 15.6 Å². The predicted octanol–water partition coefficient (Wildman–Crippen LogP) is 3.87. The summed E-state index contributed by atoms with van der Waals surface area (Å²) in [6.45, 7) is 0. The zero-order valence-electron chi connectivity index (χ0n) is 15.4. The molecule has 1 heterocycles. The van der Waals surface area contributed by atoms with Crippen LogP contribution in [-0.4, -0.2) is 31.1 Å². The fourth-order valence-electron chi connectivity index (χ4n) is 2.55. The number of hydrogen-bond acceptors (Lipinski definition) is 6. The van der Waals surface area contributed by atoms with E-state index in [4.69, 9.17) is 9.47 Å². The molecule has 0 atom stereocenters. The van der Waals surface area contributed by atoms with Crippen molar-refractivity contribution in [2.75, 3.05) is 24.9 Å². The maximum atomic E-state index is 12.5. The van der Waals surface area contributed by atoms with Crippen molar-refractivity contribution in [3.05, 3.63) is 78.1 Å². The number of amides is 1. The second-order valence-electron chi connectivity index (χ2n) is 5.81. The summed E-state index contributed by atoms with van der Waals surface area (Å²) in [5, 5.41) is 5.91.